The quantitative estimate of drug-likeness (QED) is 0.466. The molecule has 2 aliphatic heterocycles. The van der Waals surface area contributed by atoms with Crippen molar-refractivity contribution in [2.45, 2.75) is 18.9 Å². The van der Waals surface area contributed by atoms with Crippen molar-refractivity contribution in [1.82, 2.24) is 16.0 Å². The zero-order chi connectivity index (χ0) is 9.26. The van der Waals surface area contributed by atoms with Crippen LogP contribution in [-0.2, 0) is 4.79 Å². The van der Waals surface area contributed by atoms with Crippen LogP contribution >= 0.6 is 0 Å². The van der Waals surface area contributed by atoms with E-state index in [0.717, 1.165) is 25.9 Å². The Kier molecular flexibility index (Phi) is 2.18. The second-order valence-electron chi connectivity index (χ2n) is 3.53. The van der Waals surface area contributed by atoms with Crippen molar-refractivity contribution in [2.75, 3.05) is 13.1 Å². The summed E-state index contributed by atoms with van der Waals surface area (Å²) >= 11 is 0. The van der Waals surface area contributed by atoms with Crippen molar-refractivity contribution in [2.24, 2.45) is 5.92 Å². The van der Waals surface area contributed by atoms with Crippen LogP contribution in [0.25, 0.3) is 0 Å². The number of hydrogen-bond donors (Lipinski definition) is 3. The van der Waals surface area contributed by atoms with E-state index in [1.807, 2.05) is 0 Å². The minimum absolute atomic E-state index is 0.170. The van der Waals surface area contributed by atoms with Gasteiger partial charge in [0.25, 0.3) is 5.91 Å². The lowest BCUT2D eigenvalue weighted by molar-refractivity contribution is -0.121. The molecular weight excluding hydrogens is 170 g/mol. The van der Waals surface area contributed by atoms with Gasteiger partial charge in [0.2, 0.25) is 0 Å². The molecule has 0 aromatic carbocycles. The normalized spacial score (nSPS) is 30.0. The summed E-state index contributed by atoms with van der Waals surface area (Å²) in [4.78, 5) is 22.1. The van der Waals surface area contributed by atoms with Gasteiger partial charge in [-0.2, -0.15) is 0 Å². The van der Waals surface area contributed by atoms with E-state index >= 15 is 0 Å². The zero-order valence-electron chi connectivity index (χ0n) is 7.30. The Morgan fingerprint density at radius 3 is 2.38 bits per heavy atom. The first-order valence-electron chi connectivity index (χ1n) is 4.59. The Hall–Kier alpha value is -1.10. The van der Waals surface area contributed by atoms with E-state index in [0.29, 0.717) is 5.92 Å². The molecule has 3 N–H and O–H groups in total. The van der Waals surface area contributed by atoms with Crippen LogP contribution in [0.3, 0.4) is 0 Å². The van der Waals surface area contributed by atoms with Crippen LogP contribution in [0.5, 0.6) is 0 Å². The molecule has 72 valence electrons. The number of urea groups is 1. The Morgan fingerprint density at radius 2 is 1.85 bits per heavy atom. The fraction of sp³-hybridized carbons (Fsp3) is 0.750. The first-order valence-corrected chi connectivity index (χ1v) is 4.59. The molecular formula is C8H13N3O2. The van der Waals surface area contributed by atoms with Gasteiger partial charge in [0.1, 0.15) is 6.04 Å². The number of rotatable bonds is 1. The molecule has 2 rings (SSSR count). The molecule has 0 unspecified atom stereocenters. The standard InChI is InChI=1S/C8H13N3O2/c12-7-6(10-8(13)11-7)5-1-3-9-4-2-5/h5-6,9H,1-4H2,(H2,10,11,12,13)/t6-/m1/s1. The Morgan fingerprint density at radius 1 is 1.15 bits per heavy atom. The van der Waals surface area contributed by atoms with E-state index in [9.17, 15) is 9.59 Å². The van der Waals surface area contributed by atoms with E-state index in [4.69, 9.17) is 0 Å². The van der Waals surface area contributed by atoms with Crippen molar-refractivity contribution in [1.29, 1.82) is 0 Å². The van der Waals surface area contributed by atoms with Crippen molar-refractivity contribution < 1.29 is 9.59 Å². The average Bonchev–Trinajstić information content (AvgIpc) is 2.47. The first kappa shape index (κ1) is 8.50. The smallest absolute Gasteiger partial charge is 0.322 e. The highest BCUT2D eigenvalue weighted by atomic mass is 16.2. The molecule has 0 radical (unpaired) electrons. The van der Waals surface area contributed by atoms with Crippen LogP contribution in [0.15, 0.2) is 0 Å². The van der Waals surface area contributed by atoms with Crippen LogP contribution in [-0.4, -0.2) is 31.1 Å². The van der Waals surface area contributed by atoms with Gasteiger partial charge >= 0.3 is 6.03 Å². The molecule has 0 aliphatic carbocycles. The zero-order valence-corrected chi connectivity index (χ0v) is 7.30. The number of carbonyl (C=O) groups is 2. The average molecular weight is 183 g/mol. The molecule has 13 heavy (non-hydrogen) atoms. The minimum atomic E-state index is -0.353. The van der Waals surface area contributed by atoms with Gasteiger partial charge in [0.15, 0.2) is 0 Å². The van der Waals surface area contributed by atoms with E-state index in [1.165, 1.54) is 0 Å². The lowest BCUT2D eigenvalue weighted by Crippen LogP contribution is -2.42. The van der Waals surface area contributed by atoms with Crippen molar-refractivity contribution in [3.8, 4) is 0 Å². The Bertz CT molecular complexity index is 236. The molecule has 2 aliphatic rings. The van der Waals surface area contributed by atoms with E-state index in [-0.39, 0.29) is 18.0 Å². The molecule has 2 heterocycles. The maximum Gasteiger partial charge on any atom is 0.322 e. The summed E-state index contributed by atoms with van der Waals surface area (Å²) in [6.07, 6.45) is 1.91. The summed E-state index contributed by atoms with van der Waals surface area (Å²) in [7, 11) is 0. The molecule has 0 aromatic heterocycles. The topological polar surface area (TPSA) is 70.2 Å². The number of nitrogens with one attached hydrogen (secondary N) is 3. The van der Waals surface area contributed by atoms with Gasteiger partial charge in [-0.15, -0.1) is 0 Å². The fourth-order valence-electron chi connectivity index (χ4n) is 1.94. The van der Waals surface area contributed by atoms with E-state index in [2.05, 4.69) is 16.0 Å². The molecule has 5 heteroatoms. The number of amides is 3. The Labute approximate surface area is 76.3 Å². The minimum Gasteiger partial charge on any atom is -0.326 e. The third-order valence-corrected chi connectivity index (χ3v) is 2.66. The monoisotopic (exact) mass is 183 g/mol. The molecule has 0 aromatic rings. The third kappa shape index (κ3) is 1.65. The number of carbonyl (C=O) groups excluding carboxylic acids is 2. The van der Waals surface area contributed by atoms with Crippen LogP contribution < -0.4 is 16.0 Å². The van der Waals surface area contributed by atoms with Crippen LogP contribution in [0.1, 0.15) is 12.8 Å². The molecule has 0 bridgehead atoms. The summed E-state index contributed by atoms with van der Waals surface area (Å²) in [5.74, 6) is 0.129. The third-order valence-electron chi connectivity index (χ3n) is 2.66. The lowest BCUT2D eigenvalue weighted by Gasteiger charge is -2.25. The van der Waals surface area contributed by atoms with E-state index < -0.39 is 0 Å². The largest absolute Gasteiger partial charge is 0.326 e. The molecule has 2 saturated heterocycles. The van der Waals surface area contributed by atoms with Gasteiger partial charge in [-0.3, -0.25) is 10.1 Å². The highest BCUT2D eigenvalue weighted by molar-refractivity contribution is 6.04. The lowest BCUT2D eigenvalue weighted by atomic mass is 9.90. The highest BCUT2D eigenvalue weighted by Crippen LogP contribution is 2.18. The maximum atomic E-state index is 11.3. The van der Waals surface area contributed by atoms with Gasteiger partial charge in [-0.25, -0.2) is 4.79 Å². The summed E-state index contributed by atoms with van der Waals surface area (Å²) < 4.78 is 0. The summed E-state index contributed by atoms with van der Waals surface area (Å²) in [6, 6.07) is -0.650. The predicted octanol–water partition coefficient (Wildman–Crippen LogP) is -0.806. The van der Waals surface area contributed by atoms with Crippen LogP contribution in [0, 0.1) is 5.92 Å². The van der Waals surface area contributed by atoms with Crippen LogP contribution in [0.2, 0.25) is 0 Å². The maximum absolute atomic E-state index is 11.3. The highest BCUT2D eigenvalue weighted by Gasteiger charge is 2.36. The van der Waals surface area contributed by atoms with Gasteiger partial charge in [0.05, 0.1) is 0 Å². The van der Waals surface area contributed by atoms with Gasteiger partial charge in [-0.1, -0.05) is 0 Å². The van der Waals surface area contributed by atoms with Crippen LogP contribution in [0.4, 0.5) is 4.79 Å². The number of piperidine rings is 1. The fourth-order valence-corrected chi connectivity index (χ4v) is 1.94. The molecule has 2 fully saturated rings. The molecule has 3 amide bonds. The first-order chi connectivity index (χ1) is 6.27. The van der Waals surface area contributed by atoms with Gasteiger partial charge in [0, 0.05) is 0 Å². The van der Waals surface area contributed by atoms with Gasteiger partial charge < -0.3 is 10.6 Å². The Balaban J connectivity index is 1.99. The summed E-state index contributed by atoms with van der Waals surface area (Å²) in [5.41, 5.74) is 0. The SMILES string of the molecule is O=C1NC(=O)[C@@H](C2CCNCC2)N1. The molecule has 0 saturated carbocycles. The second-order valence-corrected chi connectivity index (χ2v) is 3.53. The number of imide groups is 1. The number of hydrogen-bond acceptors (Lipinski definition) is 3. The summed E-state index contributed by atoms with van der Waals surface area (Å²) in [5, 5.41) is 8.12. The molecule has 1 atom stereocenters. The summed E-state index contributed by atoms with van der Waals surface area (Å²) in [6.45, 7) is 1.87. The molecule has 5 nitrogen and oxygen atoms in total. The van der Waals surface area contributed by atoms with Crippen molar-refractivity contribution in [3.63, 3.8) is 0 Å². The second kappa shape index (κ2) is 3.33. The van der Waals surface area contributed by atoms with Gasteiger partial charge in [-0.05, 0) is 31.8 Å². The van der Waals surface area contributed by atoms with Crippen molar-refractivity contribution in [3.05, 3.63) is 0 Å². The predicted molar refractivity (Wildman–Crippen MR) is 46.1 cm³/mol. The van der Waals surface area contributed by atoms with Crippen molar-refractivity contribution >= 4 is 11.9 Å². The van der Waals surface area contributed by atoms with E-state index in [1.54, 1.807) is 0 Å². The molecule has 0 spiro atoms.